The summed E-state index contributed by atoms with van der Waals surface area (Å²) >= 11 is 0. The molecule has 0 radical (unpaired) electrons. The van der Waals surface area contributed by atoms with Crippen molar-refractivity contribution in [3.05, 3.63) is 24.3 Å². The van der Waals surface area contributed by atoms with Gasteiger partial charge in [0.05, 0.1) is 16.0 Å². The highest BCUT2D eigenvalue weighted by Gasteiger charge is 2.33. The summed E-state index contributed by atoms with van der Waals surface area (Å²) in [6.45, 7) is 2.65. The van der Waals surface area contributed by atoms with Gasteiger partial charge in [-0.05, 0) is 44.0 Å². The summed E-state index contributed by atoms with van der Waals surface area (Å²) in [5, 5.41) is 0. The van der Waals surface area contributed by atoms with Gasteiger partial charge in [-0.15, -0.1) is 0 Å². The quantitative estimate of drug-likeness (QED) is 0.627. The predicted octanol–water partition coefficient (Wildman–Crippen LogP) is 0.516. The zero-order chi connectivity index (χ0) is 21.4. The second-order valence-corrected chi connectivity index (χ2v) is 13.3. The fourth-order valence-corrected chi connectivity index (χ4v) is 7.69. The Labute approximate surface area is 173 Å². The summed E-state index contributed by atoms with van der Waals surface area (Å²) in [7, 11) is -10.9. The number of sulfonamides is 3. The number of piperazine rings is 1. The van der Waals surface area contributed by atoms with Crippen molar-refractivity contribution >= 4 is 30.1 Å². The Hall–Kier alpha value is -1.05. The second-order valence-electron chi connectivity index (χ2n) is 7.50. The number of hydrogen-bond acceptors (Lipinski definition) is 6. The van der Waals surface area contributed by atoms with Crippen molar-refractivity contribution in [3.63, 3.8) is 0 Å². The van der Waals surface area contributed by atoms with Gasteiger partial charge in [0.2, 0.25) is 30.1 Å². The minimum Gasteiger partial charge on any atom is -0.213 e. The Morgan fingerprint density at radius 3 is 1.69 bits per heavy atom. The molecule has 1 atom stereocenters. The van der Waals surface area contributed by atoms with Crippen molar-refractivity contribution in [2.24, 2.45) is 0 Å². The molecule has 164 valence electrons. The van der Waals surface area contributed by atoms with Gasteiger partial charge in [-0.1, -0.05) is 6.42 Å². The molecule has 3 rings (SSSR count). The molecule has 0 unspecified atom stereocenters. The van der Waals surface area contributed by atoms with Gasteiger partial charge in [0, 0.05) is 38.8 Å². The number of piperidine rings is 1. The molecule has 2 aliphatic rings. The maximum absolute atomic E-state index is 12.9. The van der Waals surface area contributed by atoms with Gasteiger partial charge < -0.3 is 0 Å². The molecule has 2 saturated heterocycles. The average Bonchev–Trinajstić information content (AvgIpc) is 2.67. The molecule has 2 aliphatic heterocycles. The van der Waals surface area contributed by atoms with Crippen molar-refractivity contribution in [1.29, 1.82) is 0 Å². The molecule has 1 aromatic rings. The van der Waals surface area contributed by atoms with Crippen molar-refractivity contribution in [3.8, 4) is 0 Å². The third kappa shape index (κ3) is 4.67. The van der Waals surface area contributed by atoms with E-state index in [0.717, 1.165) is 25.5 Å². The molecule has 2 fully saturated rings. The van der Waals surface area contributed by atoms with Crippen LogP contribution in [-0.2, 0) is 30.1 Å². The lowest BCUT2D eigenvalue weighted by molar-refractivity contribution is 0.268. The molecule has 0 amide bonds. The van der Waals surface area contributed by atoms with Crippen molar-refractivity contribution in [2.45, 2.75) is 42.0 Å². The Morgan fingerprint density at radius 2 is 1.21 bits per heavy atom. The first-order valence-corrected chi connectivity index (χ1v) is 14.2. The van der Waals surface area contributed by atoms with E-state index in [1.165, 1.54) is 37.2 Å². The molecule has 9 nitrogen and oxygen atoms in total. The van der Waals surface area contributed by atoms with Gasteiger partial charge in [-0.25, -0.2) is 25.3 Å². The molecule has 0 aliphatic carbocycles. The molecule has 29 heavy (non-hydrogen) atoms. The molecule has 1 aromatic carbocycles. The van der Waals surface area contributed by atoms with E-state index >= 15 is 0 Å². The molecule has 0 spiro atoms. The monoisotopic (exact) mass is 465 g/mol. The Kier molecular flexibility index (Phi) is 6.42. The van der Waals surface area contributed by atoms with E-state index in [1.807, 2.05) is 6.92 Å². The SMILES string of the molecule is C[C@@H]1CCCCN1S(=O)(=O)c1ccc(S(=O)(=O)N2CCN(S(C)(=O)=O)CC2)cc1. The normalized spacial score (nSPS) is 23.9. The molecular formula is C17H27N3O6S3. The van der Waals surface area contributed by atoms with Gasteiger partial charge in [0.25, 0.3) is 0 Å². The van der Waals surface area contributed by atoms with Gasteiger partial charge >= 0.3 is 0 Å². The van der Waals surface area contributed by atoms with Crippen molar-refractivity contribution in [2.75, 3.05) is 39.0 Å². The largest absolute Gasteiger partial charge is 0.243 e. The predicted molar refractivity (Wildman–Crippen MR) is 109 cm³/mol. The Morgan fingerprint density at radius 1 is 0.724 bits per heavy atom. The highest BCUT2D eigenvalue weighted by atomic mass is 32.2. The van der Waals surface area contributed by atoms with Crippen LogP contribution in [-0.4, -0.2) is 83.2 Å². The fourth-order valence-electron chi connectivity index (χ4n) is 3.74. The van der Waals surface area contributed by atoms with E-state index in [2.05, 4.69) is 0 Å². The summed E-state index contributed by atoms with van der Waals surface area (Å²) in [5.74, 6) is 0. The average molecular weight is 466 g/mol. The Bertz CT molecular complexity index is 1040. The summed E-state index contributed by atoms with van der Waals surface area (Å²) in [4.78, 5) is 0.0723. The van der Waals surface area contributed by atoms with E-state index in [0.29, 0.717) is 6.54 Å². The summed E-state index contributed by atoms with van der Waals surface area (Å²) in [6.07, 6.45) is 3.72. The summed E-state index contributed by atoms with van der Waals surface area (Å²) in [6, 6.07) is 5.19. The lowest BCUT2D eigenvalue weighted by atomic mass is 10.1. The molecule has 0 N–H and O–H groups in total. The maximum Gasteiger partial charge on any atom is 0.243 e. The van der Waals surface area contributed by atoms with Crippen molar-refractivity contribution in [1.82, 2.24) is 12.9 Å². The number of hydrogen-bond donors (Lipinski definition) is 0. The van der Waals surface area contributed by atoms with Gasteiger partial charge in [0.15, 0.2) is 0 Å². The van der Waals surface area contributed by atoms with E-state index < -0.39 is 30.1 Å². The Balaban J connectivity index is 1.77. The topological polar surface area (TPSA) is 112 Å². The highest BCUT2D eigenvalue weighted by molar-refractivity contribution is 7.89. The van der Waals surface area contributed by atoms with Crippen molar-refractivity contribution < 1.29 is 25.3 Å². The number of nitrogens with zero attached hydrogens (tertiary/aromatic N) is 3. The minimum atomic E-state index is -3.83. The van der Waals surface area contributed by atoms with Crippen LogP contribution < -0.4 is 0 Å². The first-order valence-electron chi connectivity index (χ1n) is 9.51. The lowest BCUT2D eigenvalue weighted by Gasteiger charge is -2.33. The van der Waals surface area contributed by atoms with Crippen LogP contribution in [0.4, 0.5) is 0 Å². The van der Waals surface area contributed by atoms with E-state index in [4.69, 9.17) is 0 Å². The molecule has 0 aromatic heterocycles. The number of rotatable bonds is 5. The van der Waals surface area contributed by atoms with E-state index in [-0.39, 0.29) is 42.0 Å². The zero-order valence-corrected chi connectivity index (χ0v) is 19.0. The molecule has 2 heterocycles. The second kappa shape index (κ2) is 8.23. The van der Waals surface area contributed by atoms with E-state index in [1.54, 1.807) is 0 Å². The van der Waals surface area contributed by atoms with Crippen LogP contribution in [0, 0.1) is 0 Å². The van der Waals surface area contributed by atoms with E-state index in [9.17, 15) is 25.3 Å². The highest BCUT2D eigenvalue weighted by Crippen LogP contribution is 2.26. The van der Waals surface area contributed by atoms with Crippen LogP contribution in [0.5, 0.6) is 0 Å². The summed E-state index contributed by atoms with van der Waals surface area (Å²) < 4.78 is 78.6. The van der Waals surface area contributed by atoms with Gasteiger partial charge in [0.1, 0.15) is 0 Å². The molecule has 12 heteroatoms. The first-order chi connectivity index (χ1) is 13.4. The smallest absolute Gasteiger partial charge is 0.213 e. The zero-order valence-electron chi connectivity index (χ0n) is 16.6. The fraction of sp³-hybridized carbons (Fsp3) is 0.647. The third-order valence-corrected chi connectivity index (χ3v) is 10.7. The summed E-state index contributed by atoms with van der Waals surface area (Å²) in [5.41, 5.74) is 0. The van der Waals surface area contributed by atoms with Crippen LogP contribution in [0.1, 0.15) is 26.2 Å². The minimum absolute atomic E-state index is 0.00375. The van der Waals surface area contributed by atoms with Gasteiger partial charge in [-0.3, -0.25) is 0 Å². The van der Waals surface area contributed by atoms with Crippen LogP contribution >= 0.6 is 0 Å². The van der Waals surface area contributed by atoms with Crippen LogP contribution in [0.2, 0.25) is 0 Å². The van der Waals surface area contributed by atoms with Crippen LogP contribution in [0.25, 0.3) is 0 Å². The number of benzene rings is 1. The first kappa shape index (κ1) is 22.6. The third-order valence-electron chi connectivity index (χ3n) is 5.48. The molecule has 0 bridgehead atoms. The van der Waals surface area contributed by atoms with Gasteiger partial charge in [-0.2, -0.15) is 12.9 Å². The maximum atomic E-state index is 12.9. The lowest BCUT2D eigenvalue weighted by Crippen LogP contribution is -2.50. The molecular weight excluding hydrogens is 438 g/mol. The molecule has 0 saturated carbocycles. The van der Waals surface area contributed by atoms with Crippen LogP contribution in [0.15, 0.2) is 34.1 Å². The standard InChI is InChI=1S/C17H27N3O6S3/c1-15-5-3-4-10-20(15)29(25,26)17-8-6-16(7-9-17)28(23,24)19-13-11-18(12-14-19)27(2,21)22/h6-9,15H,3-5,10-14H2,1-2H3/t15-/m1/s1. The van der Waals surface area contributed by atoms with Crippen LogP contribution in [0.3, 0.4) is 0 Å².